The summed E-state index contributed by atoms with van der Waals surface area (Å²) in [6.45, 7) is 1.49. The number of carbonyl (C=O) groups is 1. The normalized spacial score (nSPS) is 10.6. The van der Waals surface area contributed by atoms with Gasteiger partial charge in [0, 0.05) is 35.6 Å². The number of hydrogen-bond acceptors (Lipinski definition) is 5. The van der Waals surface area contributed by atoms with E-state index in [-0.39, 0.29) is 12.5 Å². The molecule has 1 aromatic heterocycles. The lowest BCUT2D eigenvalue weighted by Gasteiger charge is -2.03. The number of aromatic nitrogens is 1. The maximum absolute atomic E-state index is 11.7. The van der Waals surface area contributed by atoms with Crippen molar-refractivity contribution in [3.8, 4) is 0 Å². The van der Waals surface area contributed by atoms with E-state index in [2.05, 4.69) is 43.7 Å². The van der Waals surface area contributed by atoms with E-state index in [1.807, 2.05) is 12.1 Å². The Morgan fingerprint density at radius 2 is 2.32 bits per heavy atom. The first-order valence-electron chi connectivity index (χ1n) is 6.86. The summed E-state index contributed by atoms with van der Waals surface area (Å²) >= 11 is 4.96. The lowest BCUT2D eigenvalue weighted by Crippen LogP contribution is -2.30. The van der Waals surface area contributed by atoms with Crippen LogP contribution < -0.4 is 10.6 Å². The predicted octanol–water partition coefficient (Wildman–Crippen LogP) is 2.67. The zero-order valence-corrected chi connectivity index (χ0v) is 14.7. The number of carbonyl (C=O) groups excluding carboxylic acids is 1. The van der Waals surface area contributed by atoms with Gasteiger partial charge >= 0.3 is 0 Å². The molecule has 0 saturated carbocycles. The van der Waals surface area contributed by atoms with E-state index in [0.29, 0.717) is 18.3 Å². The molecule has 2 aromatic rings. The summed E-state index contributed by atoms with van der Waals surface area (Å²) in [6.07, 6.45) is 2.61. The molecule has 0 aliphatic carbocycles. The molecular formula is C15H18BrN3O2S. The predicted molar refractivity (Wildman–Crippen MR) is 92.4 cm³/mol. The molecule has 2 rings (SSSR count). The average molecular weight is 384 g/mol. The lowest BCUT2D eigenvalue weighted by molar-refractivity contribution is -0.115. The van der Waals surface area contributed by atoms with E-state index in [1.54, 1.807) is 13.3 Å². The second-order valence-corrected chi connectivity index (χ2v) is 6.69. The standard InChI is InChI=1S/C15H18BrN3O2S/c1-21-6-5-17-10-14(20)19-15-18-9-13(22-15)8-11-3-2-4-12(16)7-11/h2-4,7,9,17H,5-6,8,10H2,1H3,(H,18,19,20). The van der Waals surface area contributed by atoms with Crippen LogP contribution in [0.1, 0.15) is 10.4 Å². The summed E-state index contributed by atoms with van der Waals surface area (Å²) in [5, 5.41) is 6.41. The third-order valence-corrected chi connectivity index (χ3v) is 4.24. The Labute approximate surface area is 142 Å². The quantitative estimate of drug-likeness (QED) is 0.687. The van der Waals surface area contributed by atoms with Crippen molar-refractivity contribution < 1.29 is 9.53 Å². The van der Waals surface area contributed by atoms with Crippen LogP contribution in [0.25, 0.3) is 0 Å². The van der Waals surface area contributed by atoms with Gasteiger partial charge in [-0.3, -0.25) is 4.79 Å². The van der Waals surface area contributed by atoms with Gasteiger partial charge in [-0.1, -0.05) is 28.1 Å². The number of amides is 1. The first-order chi connectivity index (χ1) is 10.7. The van der Waals surface area contributed by atoms with E-state index < -0.39 is 0 Å². The Morgan fingerprint density at radius 3 is 3.09 bits per heavy atom. The van der Waals surface area contributed by atoms with Gasteiger partial charge in [-0.05, 0) is 17.7 Å². The molecule has 0 unspecified atom stereocenters. The van der Waals surface area contributed by atoms with Gasteiger partial charge in [0.15, 0.2) is 5.13 Å². The molecule has 0 atom stereocenters. The maximum Gasteiger partial charge on any atom is 0.240 e. The van der Waals surface area contributed by atoms with Crippen molar-refractivity contribution in [2.24, 2.45) is 0 Å². The number of benzene rings is 1. The summed E-state index contributed by atoms with van der Waals surface area (Å²) in [4.78, 5) is 17.1. The van der Waals surface area contributed by atoms with Gasteiger partial charge in [0.2, 0.25) is 5.91 Å². The highest BCUT2D eigenvalue weighted by Gasteiger charge is 2.07. The Morgan fingerprint density at radius 1 is 1.45 bits per heavy atom. The van der Waals surface area contributed by atoms with E-state index in [9.17, 15) is 4.79 Å². The fourth-order valence-electron chi connectivity index (χ4n) is 1.83. The SMILES string of the molecule is COCCNCC(=O)Nc1ncc(Cc2cccc(Br)c2)s1. The average Bonchev–Trinajstić information content (AvgIpc) is 2.91. The van der Waals surface area contributed by atoms with Gasteiger partial charge < -0.3 is 15.4 Å². The lowest BCUT2D eigenvalue weighted by atomic mass is 10.1. The van der Waals surface area contributed by atoms with Crippen molar-refractivity contribution in [1.29, 1.82) is 0 Å². The van der Waals surface area contributed by atoms with Gasteiger partial charge in [0.25, 0.3) is 0 Å². The zero-order chi connectivity index (χ0) is 15.8. The highest BCUT2D eigenvalue weighted by atomic mass is 79.9. The third-order valence-electron chi connectivity index (χ3n) is 2.84. The van der Waals surface area contributed by atoms with Crippen LogP contribution in [0.5, 0.6) is 0 Å². The number of methoxy groups -OCH3 is 1. The summed E-state index contributed by atoms with van der Waals surface area (Å²) in [7, 11) is 1.63. The molecule has 5 nitrogen and oxygen atoms in total. The molecule has 1 aromatic carbocycles. The van der Waals surface area contributed by atoms with Crippen LogP contribution in [-0.2, 0) is 16.0 Å². The number of anilines is 1. The molecule has 7 heteroatoms. The van der Waals surface area contributed by atoms with Crippen LogP contribution in [0.3, 0.4) is 0 Å². The van der Waals surface area contributed by atoms with Crippen LogP contribution in [-0.4, -0.2) is 37.7 Å². The van der Waals surface area contributed by atoms with Crippen molar-refractivity contribution in [3.05, 3.63) is 45.4 Å². The number of hydrogen-bond donors (Lipinski definition) is 2. The van der Waals surface area contributed by atoms with Crippen LogP contribution in [0.4, 0.5) is 5.13 Å². The monoisotopic (exact) mass is 383 g/mol. The fourth-order valence-corrected chi connectivity index (χ4v) is 3.14. The van der Waals surface area contributed by atoms with Crippen molar-refractivity contribution in [3.63, 3.8) is 0 Å². The Balaban J connectivity index is 1.82. The van der Waals surface area contributed by atoms with Gasteiger partial charge in [0.05, 0.1) is 13.2 Å². The van der Waals surface area contributed by atoms with Crippen molar-refractivity contribution >= 4 is 38.3 Å². The Bertz CT molecular complexity index is 618. The molecule has 0 spiro atoms. The number of thiazole rings is 1. The molecule has 0 aliphatic rings. The number of nitrogens with zero attached hydrogens (tertiary/aromatic N) is 1. The van der Waals surface area contributed by atoms with Crippen molar-refractivity contribution in [2.75, 3.05) is 32.1 Å². The Kier molecular flexibility index (Phi) is 6.98. The molecule has 0 bridgehead atoms. The minimum absolute atomic E-state index is 0.0977. The molecule has 2 N–H and O–H groups in total. The number of ether oxygens (including phenoxy) is 1. The summed E-state index contributed by atoms with van der Waals surface area (Å²) in [5.74, 6) is -0.0977. The molecule has 0 saturated heterocycles. The molecule has 118 valence electrons. The first-order valence-corrected chi connectivity index (χ1v) is 8.47. The van der Waals surface area contributed by atoms with Crippen LogP contribution in [0, 0.1) is 0 Å². The fraction of sp³-hybridized carbons (Fsp3) is 0.333. The van der Waals surface area contributed by atoms with E-state index in [0.717, 1.165) is 15.8 Å². The molecule has 22 heavy (non-hydrogen) atoms. The first kappa shape index (κ1) is 17.1. The third kappa shape index (κ3) is 5.84. The second kappa shape index (κ2) is 8.99. The molecule has 0 fully saturated rings. The molecule has 0 radical (unpaired) electrons. The minimum Gasteiger partial charge on any atom is -0.383 e. The van der Waals surface area contributed by atoms with Crippen LogP contribution in [0.15, 0.2) is 34.9 Å². The van der Waals surface area contributed by atoms with Crippen molar-refractivity contribution in [2.45, 2.75) is 6.42 Å². The highest BCUT2D eigenvalue weighted by Crippen LogP contribution is 2.22. The number of halogens is 1. The summed E-state index contributed by atoms with van der Waals surface area (Å²) in [5.41, 5.74) is 1.21. The number of nitrogens with one attached hydrogen (secondary N) is 2. The molecule has 0 aliphatic heterocycles. The van der Waals surface area contributed by atoms with E-state index in [1.165, 1.54) is 16.9 Å². The van der Waals surface area contributed by atoms with E-state index in [4.69, 9.17) is 4.74 Å². The number of rotatable bonds is 8. The minimum atomic E-state index is -0.0977. The van der Waals surface area contributed by atoms with Gasteiger partial charge in [0.1, 0.15) is 0 Å². The smallest absolute Gasteiger partial charge is 0.240 e. The largest absolute Gasteiger partial charge is 0.383 e. The van der Waals surface area contributed by atoms with Crippen molar-refractivity contribution in [1.82, 2.24) is 10.3 Å². The van der Waals surface area contributed by atoms with Gasteiger partial charge in [-0.2, -0.15) is 0 Å². The molecule has 1 heterocycles. The maximum atomic E-state index is 11.7. The van der Waals surface area contributed by atoms with Gasteiger partial charge in [-0.15, -0.1) is 11.3 Å². The second-order valence-electron chi connectivity index (χ2n) is 4.66. The van der Waals surface area contributed by atoms with E-state index >= 15 is 0 Å². The molecule has 1 amide bonds. The Hall–Kier alpha value is -1.28. The highest BCUT2D eigenvalue weighted by molar-refractivity contribution is 9.10. The van der Waals surface area contributed by atoms with Gasteiger partial charge in [-0.25, -0.2) is 4.98 Å². The summed E-state index contributed by atoms with van der Waals surface area (Å²) < 4.78 is 5.96. The topological polar surface area (TPSA) is 63.2 Å². The zero-order valence-electron chi connectivity index (χ0n) is 12.3. The van der Waals surface area contributed by atoms with Crippen LogP contribution in [0.2, 0.25) is 0 Å². The molecular weight excluding hydrogens is 366 g/mol. The summed E-state index contributed by atoms with van der Waals surface area (Å²) in [6, 6.07) is 8.16. The van der Waals surface area contributed by atoms with Crippen LogP contribution >= 0.6 is 27.3 Å².